The average molecular weight is 416 g/mol. The molecule has 3 N–H and O–H groups in total. The lowest BCUT2D eigenvalue weighted by Gasteiger charge is -2.29. The third kappa shape index (κ3) is 4.14. The van der Waals surface area contributed by atoms with Crippen LogP contribution in [0.3, 0.4) is 0 Å². The maximum Gasteiger partial charge on any atom is 0.319 e. The Bertz CT molecular complexity index is 1000. The van der Waals surface area contributed by atoms with E-state index in [4.69, 9.17) is 21.1 Å². The van der Waals surface area contributed by atoms with Crippen molar-refractivity contribution in [2.45, 2.75) is 19.9 Å². The Balaban J connectivity index is 2.02. The molecule has 0 spiro atoms. The summed E-state index contributed by atoms with van der Waals surface area (Å²) in [5.41, 5.74) is 2.81. The van der Waals surface area contributed by atoms with Crippen molar-refractivity contribution in [3.05, 3.63) is 63.8 Å². The Morgan fingerprint density at radius 2 is 1.90 bits per heavy atom. The molecule has 8 heteroatoms. The van der Waals surface area contributed by atoms with Gasteiger partial charge in [-0.25, -0.2) is 4.79 Å². The molecule has 1 unspecified atom stereocenters. The smallest absolute Gasteiger partial charge is 0.319 e. The number of nitrogens with one attached hydrogen (secondary N) is 3. The number of hydrogen-bond acceptors (Lipinski definition) is 4. The molecule has 0 saturated heterocycles. The lowest BCUT2D eigenvalue weighted by atomic mass is 9.93. The van der Waals surface area contributed by atoms with Gasteiger partial charge in [-0.1, -0.05) is 17.7 Å². The van der Waals surface area contributed by atoms with Gasteiger partial charge in [-0.2, -0.15) is 0 Å². The van der Waals surface area contributed by atoms with E-state index in [1.54, 1.807) is 50.4 Å². The van der Waals surface area contributed by atoms with Crippen molar-refractivity contribution in [1.82, 2.24) is 10.6 Å². The molecule has 2 aromatic carbocycles. The molecule has 0 radical (unpaired) electrons. The highest BCUT2D eigenvalue weighted by Gasteiger charge is 2.33. The first-order chi connectivity index (χ1) is 13.8. The summed E-state index contributed by atoms with van der Waals surface area (Å²) in [6.45, 7) is 3.51. The lowest BCUT2D eigenvalue weighted by Crippen LogP contribution is -2.46. The van der Waals surface area contributed by atoms with Crippen LogP contribution in [0.25, 0.3) is 0 Å². The largest absolute Gasteiger partial charge is 0.497 e. The Morgan fingerprint density at radius 3 is 2.59 bits per heavy atom. The molecule has 3 rings (SSSR count). The standard InChI is InChI=1S/C21H22ClN3O4/c1-11-15(22)6-5-7-16(11)24-20(26)18-12(2)23-21(27)25-19(18)14-9-8-13(28-3)10-17(14)29-4/h5-10,19H,1-4H3,(H,24,26)(H2,23,25,27). The van der Waals surface area contributed by atoms with Crippen LogP contribution in [-0.4, -0.2) is 26.2 Å². The molecule has 2 aromatic rings. The summed E-state index contributed by atoms with van der Waals surface area (Å²) in [6.07, 6.45) is 0. The monoisotopic (exact) mass is 415 g/mol. The fraction of sp³-hybridized carbons (Fsp3) is 0.238. The number of benzene rings is 2. The number of methoxy groups -OCH3 is 2. The number of anilines is 1. The zero-order chi connectivity index (χ0) is 21.1. The van der Waals surface area contributed by atoms with E-state index in [2.05, 4.69) is 16.0 Å². The number of halogens is 1. The minimum atomic E-state index is -0.705. The van der Waals surface area contributed by atoms with Crippen LogP contribution in [0.1, 0.15) is 24.1 Å². The number of allylic oxidation sites excluding steroid dienone is 1. The van der Waals surface area contributed by atoms with Crippen LogP contribution in [0, 0.1) is 6.92 Å². The molecular formula is C21H22ClN3O4. The van der Waals surface area contributed by atoms with Crippen LogP contribution >= 0.6 is 11.6 Å². The normalized spacial score (nSPS) is 16.0. The molecule has 0 fully saturated rings. The number of urea groups is 1. The highest BCUT2D eigenvalue weighted by Crippen LogP contribution is 2.36. The maximum atomic E-state index is 13.2. The number of rotatable bonds is 5. The molecule has 1 aliphatic rings. The molecule has 29 heavy (non-hydrogen) atoms. The molecular weight excluding hydrogens is 394 g/mol. The van der Waals surface area contributed by atoms with E-state index >= 15 is 0 Å². The molecule has 0 aliphatic carbocycles. The van der Waals surface area contributed by atoms with Crippen LogP contribution < -0.4 is 25.4 Å². The van der Waals surface area contributed by atoms with E-state index < -0.39 is 12.1 Å². The van der Waals surface area contributed by atoms with Gasteiger partial charge in [0.05, 0.1) is 25.8 Å². The predicted molar refractivity (Wildman–Crippen MR) is 111 cm³/mol. The fourth-order valence-electron chi connectivity index (χ4n) is 3.22. The van der Waals surface area contributed by atoms with E-state index in [0.29, 0.717) is 39.0 Å². The number of amides is 3. The van der Waals surface area contributed by atoms with Gasteiger partial charge in [0.1, 0.15) is 11.5 Å². The molecule has 152 valence electrons. The topological polar surface area (TPSA) is 88.7 Å². The number of carbonyl (C=O) groups excluding carboxylic acids is 2. The molecule has 3 amide bonds. The van der Waals surface area contributed by atoms with Gasteiger partial charge in [0, 0.05) is 28.0 Å². The zero-order valence-electron chi connectivity index (χ0n) is 16.6. The van der Waals surface area contributed by atoms with E-state index in [1.807, 2.05) is 6.92 Å². The predicted octanol–water partition coefficient (Wildman–Crippen LogP) is 3.93. The van der Waals surface area contributed by atoms with Crippen molar-refractivity contribution in [3.8, 4) is 11.5 Å². The summed E-state index contributed by atoms with van der Waals surface area (Å²) in [5.74, 6) is 0.740. The average Bonchev–Trinajstić information content (AvgIpc) is 2.70. The molecule has 0 aromatic heterocycles. The molecule has 7 nitrogen and oxygen atoms in total. The van der Waals surface area contributed by atoms with Gasteiger partial charge in [0.2, 0.25) is 0 Å². The van der Waals surface area contributed by atoms with Gasteiger partial charge in [-0.3, -0.25) is 4.79 Å². The van der Waals surface area contributed by atoms with Crippen molar-refractivity contribution >= 4 is 29.2 Å². The summed E-state index contributed by atoms with van der Waals surface area (Å²) < 4.78 is 10.7. The molecule has 1 aliphatic heterocycles. The van der Waals surface area contributed by atoms with Crippen LogP contribution in [0.4, 0.5) is 10.5 Å². The van der Waals surface area contributed by atoms with E-state index in [1.165, 1.54) is 7.11 Å². The third-order valence-electron chi connectivity index (χ3n) is 4.78. The second-order valence-corrected chi connectivity index (χ2v) is 6.95. The van der Waals surface area contributed by atoms with E-state index in [9.17, 15) is 9.59 Å². The second-order valence-electron chi connectivity index (χ2n) is 6.54. The first-order valence-electron chi connectivity index (χ1n) is 8.92. The van der Waals surface area contributed by atoms with Crippen molar-refractivity contribution in [1.29, 1.82) is 0 Å². The summed E-state index contributed by atoms with van der Waals surface area (Å²) in [6, 6.07) is 9.39. The number of ether oxygens (including phenoxy) is 2. The van der Waals surface area contributed by atoms with Crippen LogP contribution in [0.2, 0.25) is 5.02 Å². The Labute approximate surface area is 174 Å². The van der Waals surface area contributed by atoms with Crippen LogP contribution in [0.15, 0.2) is 47.7 Å². The third-order valence-corrected chi connectivity index (χ3v) is 5.19. The van der Waals surface area contributed by atoms with Gasteiger partial charge in [0.25, 0.3) is 5.91 Å². The summed E-state index contributed by atoms with van der Waals surface area (Å²) >= 11 is 6.16. The quantitative estimate of drug-likeness (QED) is 0.690. The Hall–Kier alpha value is -3.19. The molecule has 0 saturated carbocycles. The van der Waals surface area contributed by atoms with Gasteiger partial charge in [-0.05, 0) is 43.7 Å². The van der Waals surface area contributed by atoms with Crippen LogP contribution in [0.5, 0.6) is 11.5 Å². The number of hydrogen-bond donors (Lipinski definition) is 3. The Kier molecular flexibility index (Phi) is 5.98. The molecule has 0 bridgehead atoms. The minimum Gasteiger partial charge on any atom is -0.497 e. The van der Waals surface area contributed by atoms with E-state index in [0.717, 1.165) is 5.56 Å². The van der Waals surface area contributed by atoms with Gasteiger partial charge in [0.15, 0.2) is 0 Å². The van der Waals surface area contributed by atoms with Crippen molar-refractivity contribution in [2.75, 3.05) is 19.5 Å². The fourth-order valence-corrected chi connectivity index (χ4v) is 3.39. The van der Waals surface area contributed by atoms with Crippen molar-refractivity contribution in [3.63, 3.8) is 0 Å². The SMILES string of the molecule is COc1ccc(C2NC(=O)NC(C)=C2C(=O)Nc2cccc(Cl)c2C)c(OC)c1. The minimum absolute atomic E-state index is 0.358. The van der Waals surface area contributed by atoms with Gasteiger partial charge >= 0.3 is 6.03 Å². The summed E-state index contributed by atoms with van der Waals surface area (Å²) in [7, 11) is 3.07. The first kappa shape index (κ1) is 20.5. The highest BCUT2D eigenvalue weighted by atomic mass is 35.5. The van der Waals surface area contributed by atoms with E-state index in [-0.39, 0.29) is 5.91 Å². The van der Waals surface area contributed by atoms with Crippen molar-refractivity contribution < 1.29 is 19.1 Å². The molecule has 1 atom stereocenters. The molecule has 1 heterocycles. The Morgan fingerprint density at radius 1 is 1.14 bits per heavy atom. The van der Waals surface area contributed by atoms with Gasteiger partial charge in [-0.15, -0.1) is 0 Å². The first-order valence-corrected chi connectivity index (χ1v) is 9.30. The highest BCUT2D eigenvalue weighted by molar-refractivity contribution is 6.31. The zero-order valence-corrected chi connectivity index (χ0v) is 17.3. The maximum absolute atomic E-state index is 13.2. The van der Waals surface area contributed by atoms with Gasteiger partial charge < -0.3 is 25.4 Å². The summed E-state index contributed by atoms with van der Waals surface area (Å²) in [4.78, 5) is 25.3. The summed E-state index contributed by atoms with van der Waals surface area (Å²) in [5, 5.41) is 8.90. The lowest BCUT2D eigenvalue weighted by molar-refractivity contribution is -0.113. The second kappa shape index (κ2) is 8.45. The van der Waals surface area contributed by atoms with Crippen molar-refractivity contribution in [2.24, 2.45) is 0 Å². The van der Waals surface area contributed by atoms with Crippen LogP contribution in [-0.2, 0) is 4.79 Å². The number of carbonyl (C=O) groups is 2.